The van der Waals surface area contributed by atoms with E-state index in [9.17, 15) is 9.59 Å². The van der Waals surface area contributed by atoms with E-state index in [4.69, 9.17) is 4.74 Å². The smallest absolute Gasteiger partial charge is 0.246 e. The number of aromatic amines is 1. The van der Waals surface area contributed by atoms with Gasteiger partial charge in [0.05, 0.1) is 19.2 Å². The van der Waals surface area contributed by atoms with Gasteiger partial charge in [0, 0.05) is 23.0 Å². The Morgan fingerprint density at radius 3 is 2.54 bits per heavy atom. The number of methoxy groups -OCH3 is 1. The van der Waals surface area contributed by atoms with Crippen LogP contribution in [-0.4, -0.2) is 46.3 Å². The summed E-state index contributed by atoms with van der Waals surface area (Å²) in [7, 11) is 1.63. The molecule has 1 N–H and O–H groups in total. The van der Waals surface area contributed by atoms with E-state index in [1.54, 1.807) is 16.9 Å². The number of piperazine rings is 1. The van der Waals surface area contributed by atoms with E-state index in [1.807, 2.05) is 79.7 Å². The summed E-state index contributed by atoms with van der Waals surface area (Å²) in [4.78, 5) is 34.9. The fraction of sp³-hybridized carbons (Fsp3) is 0.241. The molecule has 35 heavy (non-hydrogen) atoms. The molecular formula is C29H27N3O3. The van der Waals surface area contributed by atoms with Gasteiger partial charge in [-0.1, -0.05) is 60.7 Å². The van der Waals surface area contributed by atoms with Crippen LogP contribution in [0, 0.1) is 0 Å². The third kappa shape index (κ3) is 3.40. The van der Waals surface area contributed by atoms with Crippen molar-refractivity contribution < 1.29 is 14.3 Å². The molecule has 1 aromatic heterocycles. The molecule has 0 aliphatic carbocycles. The van der Waals surface area contributed by atoms with E-state index in [0.717, 1.165) is 39.0 Å². The molecule has 0 spiro atoms. The molecule has 1 saturated heterocycles. The van der Waals surface area contributed by atoms with Gasteiger partial charge in [0.25, 0.3) is 0 Å². The second-order valence-electron chi connectivity index (χ2n) is 9.32. The fourth-order valence-corrected chi connectivity index (χ4v) is 5.68. The number of carbonyl (C=O) groups excluding carboxylic acids is 2. The van der Waals surface area contributed by atoms with E-state index < -0.39 is 12.1 Å². The van der Waals surface area contributed by atoms with E-state index in [0.29, 0.717) is 6.42 Å². The molecule has 3 heterocycles. The molecule has 0 unspecified atom stereocenters. The van der Waals surface area contributed by atoms with E-state index in [2.05, 4.69) is 11.1 Å². The predicted molar refractivity (Wildman–Crippen MR) is 134 cm³/mol. The van der Waals surface area contributed by atoms with Crippen molar-refractivity contribution in [2.45, 2.75) is 31.5 Å². The van der Waals surface area contributed by atoms with Gasteiger partial charge in [-0.05, 0) is 41.8 Å². The minimum Gasteiger partial charge on any atom is -0.497 e. The lowest BCUT2D eigenvalue weighted by atomic mass is 9.85. The average Bonchev–Trinajstić information content (AvgIpc) is 3.28. The fourth-order valence-electron chi connectivity index (χ4n) is 5.68. The van der Waals surface area contributed by atoms with E-state index in [1.165, 1.54) is 0 Å². The number of fused-ring (bicyclic) bond motifs is 4. The zero-order valence-corrected chi connectivity index (χ0v) is 19.8. The van der Waals surface area contributed by atoms with Crippen molar-refractivity contribution in [3.63, 3.8) is 0 Å². The second kappa shape index (κ2) is 8.31. The van der Waals surface area contributed by atoms with E-state index in [-0.39, 0.29) is 24.4 Å². The van der Waals surface area contributed by atoms with Crippen molar-refractivity contribution >= 4 is 22.7 Å². The highest BCUT2D eigenvalue weighted by atomic mass is 16.5. The minimum atomic E-state index is -0.565. The van der Waals surface area contributed by atoms with Crippen LogP contribution in [0.15, 0.2) is 78.9 Å². The minimum absolute atomic E-state index is 0.00946. The van der Waals surface area contributed by atoms with Crippen LogP contribution in [0.3, 0.4) is 0 Å². The second-order valence-corrected chi connectivity index (χ2v) is 9.32. The number of rotatable bonds is 4. The number of aromatic nitrogens is 1. The number of hydrogen-bond donors (Lipinski definition) is 1. The number of carbonyl (C=O) groups is 2. The van der Waals surface area contributed by atoms with Gasteiger partial charge in [0.2, 0.25) is 11.8 Å². The van der Waals surface area contributed by atoms with E-state index >= 15 is 0 Å². The highest BCUT2D eigenvalue weighted by Crippen LogP contribution is 2.43. The number of hydrogen-bond acceptors (Lipinski definition) is 3. The van der Waals surface area contributed by atoms with Gasteiger partial charge >= 0.3 is 0 Å². The molecule has 2 aliphatic rings. The monoisotopic (exact) mass is 465 g/mol. The zero-order valence-electron chi connectivity index (χ0n) is 19.8. The third-order valence-corrected chi connectivity index (χ3v) is 7.45. The molecule has 1 fully saturated rings. The first-order valence-electron chi connectivity index (χ1n) is 12.0. The van der Waals surface area contributed by atoms with Crippen molar-refractivity contribution in [2.24, 2.45) is 0 Å². The van der Waals surface area contributed by atoms with Crippen LogP contribution in [0.1, 0.15) is 41.4 Å². The molecule has 6 rings (SSSR count). The largest absolute Gasteiger partial charge is 0.497 e. The lowest BCUT2D eigenvalue weighted by Gasteiger charge is -2.48. The number of ether oxygens (including phenoxy) is 1. The lowest BCUT2D eigenvalue weighted by molar-refractivity contribution is -0.160. The van der Waals surface area contributed by atoms with Crippen LogP contribution in [0.2, 0.25) is 0 Å². The van der Waals surface area contributed by atoms with Crippen molar-refractivity contribution in [3.05, 3.63) is 101 Å². The van der Waals surface area contributed by atoms with Crippen LogP contribution >= 0.6 is 0 Å². The quantitative estimate of drug-likeness (QED) is 0.478. The zero-order chi connectivity index (χ0) is 24.1. The summed E-state index contributed by atoms with van der Waals surface area (Å²) in [5.41, 5.74) is 5.04. The van der Waals surface area contributed by atoms with Gasteiger partial charge in [0.1, 0.15) is 18.3 Å². The van der Waals surface area contributed by atoms with Crippen LogP contribution in [-0.2, 0) is 16.0 Å². The maximum absolute atomic E-state index is 14.0. The summed E-state index contributed by atoms with van der Waals surface area (Å²) in [6.07, 6.45) is 0.488. The van der Waals surface area contributed by atoms with Gasteiger partial charge in [0.15, 0.2) is 0 Å². The van der Waals surface area contributed by atoms with Crippen LogP contribution < -0.4 is 4.74 Å². The number of benzene rings is 3. The summed E-state index contributed by atoms with van der Waals surface area (Å²) in [5, 5.41) is 1.10. The molecule has 2 amide bonds. The Labute approximate surface area is 204 Å². The SMILES string of the molecule is COc1cccc([C@H]2c3[nH]c4ccccc4c3C[C@H]3C(=O)N([C@H](C)c4ccccc4)CC(=O)N23)c1. The first kappa shape index (κ1) is 21.5. The molecule has 2 aliphatic heterocycles. The van der Waals surface area contributed by atoms with Gasteiger partial charge in [-0.25, -0.2) is 0 Å². The average molecular weight is 466 g/mol. The predicted octanol–water partition coefficient (Wildman–Crippen LogP) is 4.62. The Morgan fingerprint density at radius 1 is 0.971 bits per heavy atom. The Hall–Kier alpha value is -4.06. The van der Waals surface area contributed by atoms with Gasteiger partial charge in [-0.2, -0.15) is 0 Å². The first-order valence-corrected chi connectivity index (χ1v) is 12.0. The van der Waals surface area contributed by atoms with Crippen LogP contribution in [0.4, 0.5) is 0 Å². The summed E-state index contributed by atoms with van der Waals surface area (Å²) >= 11 is 0. The normalized spacial score (nSPS) is 20.5. The molecule has 6 nitrogen and oxygen atoms in total. The molecule has 176 valence electrons. The van der Waals surface area contributed by atoms with Gasteiger partial charge < -0.3 is 19.5 Å². The van der Waals surface area contributed by atoms with Gasteiger partial charge in [-0.15, -0.1) is 0 Å². The number of para-hydroxylation sites is 1. The topological polar surface area (TPSA) is 65.6 Å². The summed E-state index contributed by atoms with van der Waals surface area (Å²) in [5.74, 6) is 0.664. The summed E-state index contributed by atoms with van der Waals surface area (Å²) in [6, 6.07) is 24.7. The highest BCUT2D eigenvalue weighted by Gasteiger charge is 2.49. The van der Waals surface area contributed by atoms with Crippen molar-refractivity contribution in [1.82, 2.24) is 14.8 Å². The Balaban J connectivity index is 1.48. The first-order chi connectivity index (χ1) is 17.1. The van der Waals surface area contributed by atoms with Crippen molar-refractivity contribution in [3.8, 4) is 5.75 Å². The van der Waals surface area contributed by atoms with Gasteiger partial charge in [-0.3, -0.25) is 9.59 Å². The molecular weight excluding hydrogens is 438 g/mol. The molecule has 6 heteroatoms. The maximum atomic E-state index is 14.0. The number of nitrogens with zero attached hydrogens (tertiary/aromatic N) is 2. The van der Waals surface area contributed by atoms with Crippen LogP contribution in [0.25, 0.3) is 10.9 Å². The molecule has 3 aromatic carbocycles. The Kier molecular flexibility index (Phi) is 5.10. The molecule has 0 radical (unpaired) electrons. The lowest BCUT2D eigenvalue weighted by Crippen LogP contribution is -2.63. The summed E-state index contributed by atoms with van der Waals surface area (Å²) in [6.45, 7) is 2.05. The maximum Gasteiger partial charge on any atom is 0.246 e. The number of H-pyrrole nitrogens is 1. The molecule has 3 atom stereocenters. The number of amides is 2. The third-order valence-electron chi connectivity index (χ3n) is 7.45. The van der Waals surface area contributed by atoms with Crippen LogP contribution in [0.5, 0.6) is 5.75 Å². The molecule has 0 bridgehead atoms. The Bertz CT molecular complexity index is 1430. The Morgan fingerprint density at radius 2 is 1.74 bits per heavy atom. The number of nitrogens with one attached hydrogen (secondary N) is 1. The summed E-state index contributed by atoms with van der Waals surface area (Å²) < 4.78 is 5.49. The highest BCUT2D eigenvalue weighted by molar-refractivity contribution is 5.98. The van der Waals surface area contributed by atoms with Crippen molar-refractivity contribution in [1.29, 1.82) is 0 Å². The van der Waals surface area contributed by atoms with Crippen molar-refractivity contribution in [2.75, 3.05) is 13.7 Å². The molecule has 4 aromatic rings. The molecule has 0 saturated carbocycles. The standard InChI is InChI=1S/C29H27N3O3/c1-18(19-9-4-3-5-10-19)31-17-26(33)32-25(29(31)34)16-23-22-13-6-7-14-24(22)30-27(23)28(32)20-11-8-12-21(15-20)35-2/h3-15,18,25,28,30H,16-17H2,1-2H3/t18-,25+,28+/m1/s1.